The molecule has 0 heterocycles. The van der Waals surface area contributed by atoms with Crippen LogP contribution in [0.25, 0.3) is 0 Å². The van der Waals surface area contributed by atoms with Gasteiger partial charge in [-0.3, -0.25) is 9.59 Å². The van der Waals surface area contributed by atoms with Gasteiger partial charge in [0.25, 0.3) is 0 Å². The maximum atomic E-state index is 11.9. The van der Waals surface area contributed by atoms with Gasteiger partial charge in [-0.15, -0.1) is 0 Å². The summed E-state index contributed by atoms with van der Waals surface area (Å²) >= 11 is 0. The first-order valence-corrected chi connectivity index (χ1v) is 7.46. The topological polar surface area (TPSA) is 66.4 Å². The quantitative estimate of drug-likeness (QED) is 0.687. The molecule has 1 aromatic carbocycles. The summed E-state index contributed by atoms with van der Waals surface area (Å²) in [6.07, 6.45) is 3.48. The van der Waals surface area contributed by atoms with Crippen molar-refractivity contribution in [3.63, 3.8) is 0 Å². The fraction of sp³-hybridized carbons (Fsp3) is 0.529. The van der Waals surface area contributed by atoms with Crippen LogP contribution >= 0.6 is 0 Å². The Morgan fingerprint density at radius 2 is 1.71 bits per heavy atom. The molecule has 0 aliphatic carbocycles. The predicted octanol–water partition coefficient (Wildman–Crippen LogP) is 3.16. The number of hydrogen-bond donors (Lipinski definition) is 2. The molecule has 0 aliphatic rings. The second kappa shape index (κ2) is 8.45. The SMILES string of the molecule is CC(C)(CCc1ccccc1)NC(=O)CCCCC(=O)O. The van der Waals surface area contributed by atoms with Crippen molar-refractivity contribution >= 4 is 11.9 Å². The Hall–Kier alpha value is -1.84. The number of aryl methyl sites for hydroxylation is 1. The molecule has 0 radical (unpaired) electrons. The van der Waals surface area contributed by atoms with Crippen LogP contribution in [0.1, 0.15) is 51.5 Å². The van der Waals surface area contributed by atoms with Crippen molar-refractivity contribution in [2.24, 2.45) is 0 Å². The molecule has 0 spiro atoms. The van der Waals surface area contributed by atoms with Crippen LogP contribution in [-0.2, 0) is 16.0 Å². The monoisotopic (exact) mass is 291 g/mol. The van der Waals surface area contributed by atoms with E-state index in [1.807, 2.05) is 32.0 Å². The van der Waals surface area contributed by atoms with Gasteiger partial charge in [-0.05, 0) is 45.1 Å². The lowest BCUT2D eigenvalue weighted by Crippen LogP contribution is -2.43. The summed E-state index contributed by atoms with van der Waals surface area (Å²) in [5, 5.41) is 11.6. The van der Waals surface area contributed by atoms with Crippen molar-refractivity contribution < 1.29 is 14.7 Å². The molecule has 0 unspecified atom stereocenters. The van der Waals surface area contributed by atoms with Crippen molar-refractivity contribution in [1.82, 2.24) is 5.32 Å². The highest BCUT2D eigenvalue weighted by atomic mass is 16.4. The fourth-order valence-electron chi connectivity index (χ4n) is 2.17. The number of benzene rings is 1. The maximum Gasteiger partial charge on any atom is 0.303 e. The molecule has 0 atom stereocenters. The standard InChI is InChI=1S/C17H25NO3/c1-17(2,13-12-14-8-4-3-5-9-14)18-15(19)10-6-7-11-16(20)21/h3-5,8-9H,6-7,10-13H2,1-2H3,(H,18,19)(H,20,21). The summed E-state index contributed by atoms with van der Waals surface area (Å²) in [5.41, 5.74) is 1.01. The van der Waals surface area contributed by atoms with Gasteiger partial charge in [0.15, 0.2) is 0 Å². The second-order valence-electron chi connectivity index (χ2n) is 6.02. The van der Waals surface area contributed by atoms with Crippen LogP contribution in [0.5, 0.6) is 0 Å². The summed E-state index contributed by atoms with van der Waals surface area (Å²) in [7, 11) is 0. The first kappa shape index (κ1) is 17.2. The van der Waals surface area contributed by atoms with E-state index in [2.05, 4.69) is 17.4 Å². The van der Waals surface area contributed by atoms with Crippen LogP contribution in [0.3, 0.4) is 0 Å². The Morgan fingerprint density at radius 3 is 2.33 bits per heavy atom. The van der Waals surface area contributed by atoms with Crippen LogP contribution in [0, 0.1) is 0 Å². The number of carbonyl (C=O) groups is 2. The number of carbonyl (C=O) groups excluding carboxylic acids is 1. The molecule has 0 aromatic heterocycles. The number of unbranched alkanes of at least 4 members (excludes halogenated alkanes) is 1. The minimum atomic E-state index is -0.807. The van der Waals surface area contributed by atoms with E-state index in [9.17, 15) is 9.59 Å². The maximum absolute atomic E-state index is 11.9. The van der Waals surface area contributed by atoms with Gasteiger partial charge in [-0.2, -0.15) is 0 Å². The predicted molar refractivity (Wildman–Crippen MR) is 83.1 cm³/mol. The average molecular weight is 291 g/mol. The number of nitrogens with one attached hydrogen (secondary N) is 1. The molecule has 4 heteroatoms. The molecule has 0 bridgehead atoms. The van der Waals surface area contributed by atoms with Gasteiger partial charge in [0.05, 0.1) is 0 Å². The van der Waals surface area contributed by atoms with Crippen molar-refractivity contribution in [3.05, 3.63) is 35.9 Å². The van der Waals surface area contributed by atoms with E-state index < -0.39 is 5.97 Å². The first-order valence-electron chi connectivity index (χ1n) is 7.46. The zero-order valence-electron chi connectivity index (χ0n) is 12.9. The molecule has 0 fully saturated rings. The normalized spacial score (nSPS) is 11.1. The summed E-state index contributed by atoms with van der Waals surface area (Å²) in [4.78, 5) is 22.2. The molecular formula is C17H25NO3. The van der Waals surface area contributed by atoms with Gasteiger partial charge in [0.1, 0.15) is 0 Å². The van der Waals surface area contributed by atoms with Crippen molar-refractivity contribution in [3.8, 4) is 0 Å². The zero-order chi connectivity index (χ0) is 15.7. The lowest BCUT2D eigenvalue weighted by molar-refractivity contribution is -0.137. The number of rotatable bonds is 9. The Bertz CT molecular complexity index is 454. The summed E-state index contributed by atoms with van der Waals surface area (Å²) in [6, 6.07) is 10.2. The minimum Gasteiger partial charge on any atom is -0.481 e. The Kier molecular flexibility index (Phi) is 6.92. The van der Waals surface area contributed by atoms with Crippen LogP contribution < -0.4 is 5.32 Å². The van der Waals surface area contributed by atoms with Crippen molar-refractivity contribution in [2.45, 2.75) is 57.9 Å². The van der Waals surface area contributed by atoms with Gasteiger partial charge in [0, 0.05) is 18.4 Å². The third kappa shape index (κ3) is 8.12. The van der Waals surface area contributed by atoms with Crippen molar-refractivity contribution in [2.75, 3.05) is 0 Å². The van der Waals surface area contributed by atoms with E-state index in [1.54, 1.807) is 0 Å². The smallest absolute Gasteiger partial charge is 0.303 e. The molecular weight excluding hydrogens is 266 g/mol. The number of carboxylic acids is 1. The molecule has 0 aliphatic heterocycles. The number of carboxylic acid groups (broad SMARTS) is 1. The Labute approximate surface area is 126 Å². The molecule has 1 aromatic rings. The van der Waals surface area contributed by atoms with Gasteiger partial charge in [-0.1, -0.05) is 30.3 Å². The average Bonchev–Trinajstić information content (AvgIpc) is 2.42. The molecule has 4 nitrogen and oxygen atoms in total. The van der Waals surface area contributed by atoms with Crippen LogP contribution in [-0.4, -0.2) is 22.5 Å². The second-order valence-corrected chi connectivity index (χ2v) is 6.02. The van der Waals surface area contributed by atoms with E-state index in [0.29, 0.717) is 19.3 Å². The van der Waals surface area contributed by atoms with E-state index in [1.165, 1.54) is 5.56 Å². The summed E-state index contributed by atoms with van der Waals surface area (Å²) < 4.78 is 0. The first-order chi connectivity index (χ1) is 9.89. The highest BCUT2D eigenvalue weighted by molar-refractivity contribution is 5.76. The number of hydrogen-bond acceptors (Lipinski definition) is 2. The highest BCUT2D eigenvalue weighted by Gasteiger charge is 2.19. The van der Waals surface area contributed by atoms with Gasteiger partial charge < -0.3 is 10.4 Å². The molecule has 116 valence electrons. The third-order valence-corrected chi connectivity index (χ3v) is 3.40. The molecule has 1 rings (SSSR count). The van der Waals surface area contributed by atoms with E-state index in [0.717, 1.165) is 12.8 Å². The van der Waals surface area contributed by atoms with E-state index in [4.69, 9.17) is 5.11 Å². The zero-order valence-corrected chi connectivity index (χ0v) is 12.9. The Morgan fingerprint density at radius 1 is 1.10 bits per heavy atom. The fourth-order valence-corrected chi connectivity index (χ4v) is 2.17. The molecule has 0 saturated heterocycles. The lowest BCUT2D eigenvalue weighted by Gasteiger charge is -2.26. The molecule has 21 heavy (non-hydrogen) atoms. The molecule has 1 amide bonds. The molecule has 0 saturated carbocycles. The third-order valence-electron chi connectivity index (χ3n) is 3.40. The van der Waals surface area contributed by atoms with Crippen LogP contribution in [0.15, 0.2) is 30.3 Å². The number of amides is 1. The Balaban J connectivity index is 2.27. The van der Waals surface area contributed by atoms with Crippen molar-refractivity contribution in [1.29, 1.82) is 0 Å². The van der Waals surface area contributed by atoms with Gasteiger partial charge in [0.2, 0.25) is 5.91 Å². The minimum absolute atomic E-state index is 0.00143. The highest BCUT2D eigenvalue weighted by Crippen LogP contribution is 2.14. The lowest BCUT2D eigenvalue weighted by atomic mass is 9.95. The van der Waals surface area contributed by atoms with Crippen LogP contribution in [0.4, 0.5) is 0 Å². The summed E-state index contributed by atoms with van der Waals surface area (Å²) in [6.45, 7) is 4.04. The largest absolute Gasteiger partial charge is 0.481 e. The van der Waals surface area contributed by atoms with E-state index in [-0.39, 0.29) is 17.9 Å². The van der Waals surface area contributed by atoms with Gasteiger partial charge in [-0.25, -0.2) is 0 Å². The molecule has 2 N–H and O–H groups in total. The van der Waals surface area contributed by atoms with Gasteiger partial charge >= 0.3 is 5.97 Å². The van der Waals surface area contributed by atoms with E-state index >= 15 is 0 Å². The number of aliphatic carboxylic acids is 1. The summed E-state index contributed by atoms with van der Waals surface area (Å²) in [5.74, 6) is -0.808. The van der Waals surface area contributed by atoms with Crippen LogP contribution in [0.2, 0.25) is 0 Å².